The van der Waals surface area contributed by atoms with E-state index in [-0.39, 0.29) is 17.9 Å². The SMILES string of the molecule is CCC(COC)NC(=O)C1CC2C=CC1C2. The maximum Gasteiger partial charge on any atom is 0.224 e. The first-order valence-electron chi connectivity index (χ1n) is 6.22. The van der Waals surface area contributed by atoms with Crippen molar-refractivity contribution in [2.75, 3.05) is 13.7 Å². The van der Waals surface area contributed by atoms with Crippen LogP contribution < -0.4 is 5.32 Å². The number of nitrogens with one attached hydrogen (secondary N) is 1. The highest BCUT2D eigenvalue weighted by atomic mass is 16.5. The van der Waals surface area contributed by atoms with Gasteiger partial charge in [-0.3, -0.25) is 4.79 Å². The molecule has 0 heterocycles. The van der Waals surface area contributed by atoms with Crippen LogP contribution in [0.2, 0.25) is 0 Å². The number of hydrogen-bond acceptors (Lipinski definition) is 2. The number of methoxy groups -OCH3 is 1. The highest BCUT2D eigenvalue weighted by molar-refractivity contribution is 5.80. The number of carbonyl (C=O) groups is 1. The van der Waals surface area contributed by atoms with Crippen molar-refractivity contribution in [3.8, 4) is 0 Å². The lowest BCUT2D eigenvalue weighted by atomic mass is 9.92. The van der Waals surface area contributed by atoms with E-state index >= 15 is 0 Å². The number of carbonyl (C=O) groups excluding carboxylic acids is 1. The summed E-state index contributed by atoms with van der Waals surface area (Å²) >= 11 is 0. The van der Waals surface area contributed by atoms with Crippen LogP contribution in [0.1, 0.15) is 26.2 Å². The fraction of sp³-hybridized carbons (Fsp3) is 0.769. The molecule has 90 valence electrons. The molecule has 4 atom stereocenters. The highest BCUT2D eigenvalue weighted by Gasteiger charge is 2.39. The standard InChI is InChI=1S/C13H21NO2/c1-3-11(8-16-2)14-13(15)12-7-9-4-5-10(12)6-9/h4-5,9-12H,3,6-8H2,1-2H3,(H,14,15). The van der Waals surface area contributed by atoms with Crippen LogP contribution >= 0.6 is 0 Å². The second-order valence-corrected chi connectivity index (χ2v) is 4.96. The van der Waals surface area contributed by atoms with Gasteiger partial charge in [-0.1, -0.05) is 19.1 Å². The summed E-state index contributed by atoms with van der Waals surface area (Å²) in [7, 11) is 1.68. The van der Waals surface area contributed by atoms with Crippen LogP contribution in [0.25, 0.3) is 0 Å². The van der Waals surface area contributed by atoms with Crippen molar-refractivity contribution in [3.05, 3.63) is 12.2 Å². The molecule has 3 nitrogen and oxygen atoms in total. The van der Waals surface area contributed by atoms with Crippen molar-refractivity contribution >= 4 is 5.91 Å². The first-order valence-corrected chi connectivity index (χ1v) is 6.22. The van der Waals surface area contributed by atoms with E-state index in [4.69, 9.17) is 4.74 Å². The Kier molecular flexibility index (Phi) is 3.64. The zero-order valence-electron chi connectivity index (χ0n) is 10.1. The molecule has 4 unspecified atom stereocenters. The molecular formula is C13H21NO2. The maximum atomic E-state index is 12.1. The minimum absolute atomic E-state index is 0.167. The normalized spacial score (nSPS) is 33.0. The zero-order valence-corrected chi connectivity index (χ0v) is 10.1. The lowest BCUT2D eigenvalue weighted by Crippen LogP contribution is -2.42. The van der Waals surface area contributed by atoms with Gasteiger partial charge in [0.15, 0.2) is 0 Å². The van der Waals surface area contributed by atoms with Crippen molar-refractivity contribution in [1.29, 1.82) is 0 Å². The number of hydrogen-bond donors (Lipinski definition) is 1. The fourth-order valence-corrected chi connectivity index (χ4v) is 2.85. The van der Waals surface area contributed by atoms with Crippen LogP contribution in [0.15, 0.2) is 12.2 Å². The number of ether oxygens (including phenoxy) is 1. The molecule has 0 aromatic heterocycles. The average Bonchev–Trinajstić information content (AvgIpc) is 2.89. The van der Waals surface area contributed by atoms with Gasteiger partial charge in [-0.2, -0.15) is 0 Å². The van der Waals surface area contributed by atoms with Gasteiger partial charge in [-0.15, -0.1) is 0 Å². The van der Waals surface area contributed by atoms with E-state index in [1.807, 2.05) is 0 Å². The van der Waals surface area contributed by atoms with Gasteiger partial charge >= 0.3 is 0 Å². The van der Waals surface area contributed by atoms with E-state index in [0.29, 0.717) is 18.4 Å². The van der Waals surface area contributed by atoms with Crippen LogP contribution in [0.5, 0.6) is 0 Å². The molecular weight excluding hydrogens is 202 g/mol. The third-order valence-corrected chi connectivity index (χ3v) is 3.82. The largest absolute Gasteiger partial charge is 0.383 e. The smallest absolute Gasteiger partial charge is 0.224 e. The Balaban J connectivity index is 1.86. The van der Waals surface area contributed by atoms with Gasteiger partial charge in [-0.05, 0) is 31.1 Å². The molecule has 16 heavy (non-hydrogen) atoms. The van der Waals surface area contributed by atoms with E-state index in [9.17, 15) is 4.79 Å². The molecule has 1 fully saturated rings. The van der Waals surface area contributed by atoms with Gasteiger partial charge in [0.05, 0.1) is 12.6 Å². The van der Waals surface area contributed by atoms with Crippen LogP contribution in [-0.4, -0.2) is 25.7 Å². The van der Waals surface area contributed by atoms with E-state index < -0.39 is 0 Å². The predicted molar refractivity (Wildman–Crippen MR) is 62.9 cm³/mol. The summed E-state index contributed by atoms with van der Waals surface area (Å²) in [5.41, 5.74) is 0. The van der Waals surface area contributed by atoms with E-state index in [1.165, 1.54) is 6.42 Å². The summed E-state index contributed by atoms with van der Waals surface area (Å²) < 4.78 is 5.09. The van der Waals surface area contributed by atoms with Gasteiger partial charge in [0.1, 0.15) is 0 Å². The van der Waals surface area contributed by atoms with Crippen LogP contribution in [0, 0.1) is 17.8 Å². The molecule has 3 heteroatoms. The predicted octanol–water partition coefficient (Wildman–Crippen LogP) is 1.74. The van der Waals surface area contributed by atoms with Crippen molar-refractivity contribution in [3.63, 3.8) is 0 Å². The van der Waals surface area contributed by atoms with Gasteiger partial charge < -0.3 is 10.1 Å². The Morgan fingerprint density at radius 3 is 2.81 bits per heavy atom. The molecule has 0 aliphatic heterocycles. The number of amides is 1. The molecule has 0 spiro atoms. The summed E-state index contributed by atoms with van der Waals surface area (Å²) in [5.74, 6) is 1.58. The molecule has 2 aliphatic rings. The van der Waals surface area contributed by atoms with E-state index in [0.717, 1.165) is 12.8 Å². The van der Waals surface area contributed by atoms with E-state index in [1.54, 1.807) is 7.11 Å². The minimum Gasteiger partial charge on any atom is -0.383 e. The minimum atomic E-state index is 0.167. The first kappa shape index (κ1) is 11.6. The van der Waals surface area contributed by atoms with Crippen LogP contribution in [0.3, 0.4) is 0 Å². The molecule has 0 aromatic rings. The Labute approximate surface area is 97.2 Å². The topological polar surface area (TPSA) is 38.3 Å². The second-order valence-electron chi connectivity index (χ2n) is 4.96. The Hall–Kier alpha value is -0.830. The summed E-state index contributed by atoms with van der Waals surface area (Å²) in [4.78, 5) is 12.1. The second kappa shape index (κ2) is 5.00. The van der Waals surface area contributed by atoms with Gasteiger partial charge in [0, 0.05) is 13.0 Å². The summed E-state index contributed by atoms with van der Waals surface area (Å²) in [5, 5.41) is 3.10. The van der Waals surface area contributed by atoms with Gasteiger partial charge in [0.2, 0.25) is 5.91 Å². The summed E-state index contributed by atoms with van der Waals surface area (Å²) in [6.45, 7) is 2.68. The molecule has 1 N–H and O–H groups in total. The molecule has 1 amide bonds. The Morgan fingerprint density at radius 2 is 2.31 bits per heavy atom. The summed E-state index contributed by atoms with van der Waals surface area (Å²) in [6.07, 6.45) is 7.63. The number of rotatable bonds is 5. The first-order chi connectivity index (χ1) is 7.74. The molecule has 2 rings (SSSR count). The highest BCUT2D eigenvalue weighted by Crippen LogP contribution is 2.43. The lowest BCUT2D eigenvalue weighted by Gasteiger charge is -2.22. The van der Waals surface area contributed by atoms with Crippen molar-refractivity contribution < 1.29 is 9.53 Å². The van der Waals surface area contributed by atoms with Crippen molar-refractivity contribution in [2.45, 2.75) is 32.2 Å². The molecule has 0 radical (unpaired) electrons. The number of allylic oxidation sites excluding steroid dienone is 2. The zero-order chi connectivity index (χ0) is 11.5. The van der Waals surface area contributed by atoms with Gasteiger partial charge in [-0.25, -0.2) is 0 Å². The quantitative estimate of drug-likeness (QED) is 0.721. The third kappa shape index (κ3) is 2.29. The van der Waals surface area contributed by atoms with Gasteiger partial charge in [0.25, 0.3) is 0 Å². The summed E-state index contributed by atoms with van der Waals surface area (Å²) in [6, 6.07) is 0.167. The number of fused-ring (bicyclic) bond motifs is 2. The Bertz CT molecular complexity index is 288. The maximum absolute atomic E-state index is 12.1. The average molecular weight is 223 g/mol. The lowest BCUT2D eigenvalue weighted by molar-refractivity contribution is -0.126. The third-order valence-electron chi connectivity index (χ3n) is 3.82. The Morgan fingerprint density at radius 1 is 1.50 bits per heavy atom. The van der Waals surface area contributed by atoms with Crippen molar-refractivity contribution in [1.82, 2.24) is 5.32 Å². The molecule has 0 aromatic carbocycles. The van der Waals surface area contributed by atoms with Crippen molar-refractivity contribution in [2.24, 2.45) is 17.8 Å². The van der Waals surface area contributed by atoms with E-state index in [2.05, 4.69) is 24.4 Å². The monoisotopic (exact) mass is 223 g/mol. The molecule has 1 saturated carbocycles. The van der Waals surface area contributed by atoms with Crippen LogP contribution in [-0.2, 0) is 9.53 Å². The van der Waals surface area contributed by atoms with Crippen LogP contribution in [0.4, 0.5) is 0 Å². The molecule has 0 saturated heterocycles. The molecule has 2 bridgehead atoms. The fourth-order valence-electron chi connectivity index (χ4n) is 2.85. The molecule has 2 aliphatic carbocycles.